The van der Waals surface area contributed by atoms with Crippen molar-refractivity contribution in [3.8, 4) is 0 Å². The predicted molar refractivity (Wildman–Crippen MR) is 81.9 cm³/mol. The Balaban J connectivity index is 2.14. The molecule has 0 aliphatic rings. The van der Waals surface area contributed by atoms with Crippen LogP contribution in [0.25, 0.3) is 11.0 Å². The lowest BCUT2D eigenvalue weighted by Gasteiger charge is -2.14. The van der Waals surface area contributed by atoms with Crippen LogP contribution in [-0.2, 0) is 0 Å². The van der Waals surface area contributed by atoms with Gasteiger partial charge in [-0.3, -0.25) is 4.79 Å². The molecule has 0 fully saturated rings. The lowest BCUT2D eigenvalue weighted by atomic mass is 10.0. The highest BCUT2D eigenvalue weighted by Gasteiger charge is 2.19. The molecular weight excluding hydrogens is 269 g/mol. The van der Waals surface area contributed by atoms with Crippen molar-refractivity contribution in [1.29, 1.82) is 0 Å². The lowest BCUT2D eigenvalue weighted by Crippen LogP contribution is -2.32. The van der Waals surface area contributed by atoms with Gasteiger partial charge in [0.05, 0.1) is 0 Å². The SMILES string of the molecule is Cc1c(C(=O)N[C@@H](C)CCC(C)C)oc2ccc(F)cc12. The van der Waals surface area contributed by atoms with E-state index in [1.54, 1.807) is 13.0 Å². The number of benzene rings is 1. The molecule has 1 atom stereocenters. The van der Waals surface area contributed by atoms with Crippen molar-refractivity contribution < 1.29 is 13.6 Å². The Bertz CT molecular complexity index is 646. The number of halogens is 1. The average molecular weight is 291 g/mol. The van der Waals surface area contributed by atoms with Crippen molar-refractivity contribution in [3.63, 3.8) is 0 Å². The number of carbonyl (C=O) groups is 1. The molecule has 114 valence electrons. The van der Waals surface area contributed by atoms with Gasteiger partial charge < -0.3 is 9.73 Å². The Labute approximate surface area is 124 Å². The monoisotopic (exact) mass is 291 g/mol. The normalized spacial score (nSPS) is 12.9. The number of carbonyl (C=O) groups excluding carboxylic acids is 1. The van der Waals surface area contributed by atoms with Gasteiger partial charge in [0.15, 0.2) is 5.76 Å². The first kappa shape index (κ1) is 15.5. The van der Waals surface area contributed by atoms with Crippen LogP contribution in [-0.4, -0.2) is 11.9 Å². The maximum atomic E-state index is 13.3. The molecule has 1 heterocycles. The van der Waals surface area contributed by atoms with Crippen LogP contribution in [0.2, 0.25) is 0 Å². The minimum Gasteiger partial charge on any atom is -0.451 e. The third-order valence-electron chi connectivity index (χ3n) is 3.66. The first-order chi connectivity index (χ1) is 9.88. The highest BCUT2D eigenvalue weighted by Crippen LogP contribution is 2.26. The molecular formula is C17H22FNO2. The van der Waals surface area contributed by atoms with Gasteiger partial charge in [-0.05, 0) is 50.8 Å². The number of rotatable bonds is 5. The van der Waals surface area contributed by atoms with Crippen molar-refractivity contribution >= 4 is 16.9 Å². The van der Waals surface area contributed by atoms with Crippen LogP contribution in [0.5, 0.6) is 0 Å². The van der Waals surface area contributed by atoms with E-state index in [0.717, 1.165) is 12.8 Å². The van der Waals surface area contributed by atoms with Crippen LogP contribution in [0.15, 0.2) is 22.6 Å². The molecule has 0 aliphatic heterocycles. The van der Waals surface area contributed by atoms with Crippen LogP contribution >= 0.6 is 0 Å². The summed E-state index contributed by atoms with van der Waals surface area (Å²) in [5.41, 5.74) is 1.21. The van der Waals surface area contributed by atoms with Gasteiger partial charge in [-0.2, -0.15) is 0 Å². The van der Waals surface area contributed by atoms with Gasteiger partial charge in [0.1, 0.15) is 11.4 Å². The molecule has 2 aromatic rings. The highest BCUT2D eigenvalue weighted by molar-refractivity contribution is 5.99. The fraction of sp³-hybridized carbons (Fsp3) is 0.471. The van der Waals surface area contributed by atoms with Gasteiger partial charge in [0.25, 0.3) is 5.91 Å². The number of aryl methyl sites for hydroxylation is 1. The summed E-state index contributed by atoms with van der Waals surface area (Å²) in [6.45, 7) is 8.08. The predicted octanol–water partition coefficient (Wildman–Crippen LogP) is 4.43. The van der Waals surface area contributed by atoms with Crippen LogP contribution in [0.4, 0.5) is 4.39 Å². The largest absolute Gasteiger partial charge is 0.451 e. The molecule has 0 saturated carbocycles. The summed E-state index contributed by atoms with van der Waals surface area (Å²) in [4.78, 5) is 12.3. The molecule has 0 spiro atoms. The molecule has 4 heteroatoms. The topological polar surface area (TPSA) is 42.2 Å². The molecule has 0 unspecified atom stereocenters. The van der Waals surface area contributed by atoms with E-state index in [0.29, 0.717) is 22.5 Å². The zero-order chi connectivity index (χ0) is 15.6. The van der Waals surface area contributed by atoms with Crippen LogP contribution in [0.1, 0.15) is 49.7 Å². The molecule has 3 nitrogen and oxygen atoms in total. The summed E-state index contributed by atoms with van der Waals surface area (Å²) in [6, 6.07) is 4.37. The molecule has 2 rings (SSSR count). The number of fused-ring (bicyclic) bond motifs is 1. The third-order valence-corrected chi connectivity index (χ3v) is 3.66. The molecule has 1 N–H and O–H groups in total. The second-order valence-corrected chi connectivity index (χ2v) is 6.04. The van der Waals surface area contributed by atoms with E-state index in [-0.39, 0.29) is 23.5 Å². The van der Waals surface area contributed by atoms with Gasteiger partial charge in [0.2, 0.25) is 0 Å². The zero-order valence-electron chi connectivity index (χ0n) is 13.0. The highest BCUT2D eigenvalue weighted by atomic mass is 19.1. The van der Waals surface area contributed by atoms with Gasteiger partial charge in [-0.1, -0.05) is 13.8 Å². The minimum atomic E-state index is -0.330. The number of hydrogen-bond acceptors (Lipinski definition) is 2. The number of hydrogen-bond donors (Lipinski definition) is 1. The van der Waals surface area contributed by atoms with E-state index in [1.807, 2.05) is 6.92 Å². The maximum absolute atomic E-state index is 13.3. The molecule has 0 aliphatic carbocycles. The Morgan fingerprint density at radius 1 is 1.29 bits per heavy atom. The molecule has 0 saturated heterocycles. The lowest BCUT2D eigenvalue weighted by molar-refractivity contribution is 0.0910. The van der Waals surface area contributed by atoms with E-state index < -0.39 is 0 Å². The summed E-state index contributed by atoms with van der Waals surface area (Å²) >= 11 is 0. The van der Waals surface area contributed by atoms with E-state index in [4.69, 9.17) is 4.42 Å². The zero-order valence-corrected chi connectivity index (χ0v) is 13.0. The number of nitrogens with one attached hydrogen (secondary N) is 1. The molecule has 21 heavy (non-hydrogen) atoms. The second kappa shape index (κ2) is 6.29. The smallest absolute Gasteiger partial charge is 0.287 e. The van der Waals surface area contributed by atoms with Gasteiger partial charge in [-0.15, -0.1) is 0 Å². The summed E-state index contributed by atoms with van der Waals surface area (Å²) in [7, 11) is 0. The van der Waals surface area contributed by atoms with Gasteiger partial charge >= 0.3 is 0 Å². The Morgan fingerprint density at radius 2 is 2.00 bits per heavy atom. The summed E-state index contributed by atoms with van der Waals surface area (Å²) in [5.74, 6) is 0.316. The summed E-state index contributed by atoms with van der Waals surface area (Å²) in [6.07, 6.45) is 1.99. The van der Waals surface area contributed by atoms with Crippen molar-refractivity contribution in [3.05, 3.63) is 35.3 Å². The van der Waals surface area contributed by atoms with E-state index in [9.17, 15) is 9.18 Å². The third kappa shape index (κ3) is 3.63. The first-order valence-corrected chi connectivity index (χ1v) is 7.38. The van der Waals surface area contributed by atoms with Crippen molar-refractivity contribution in [2.75, 3.05) is 0 Å². The van der Waals surface area contributed by atoms with Crippen LogP contribution < -0.4 is 5.32 Å². The Kier molecular flexibility index (Phi) is 4.66. The Morgan fingerprint density at radius 3 is 2.67 bits per heavy atom. The minimum absolute atomic E-state index is 0.0873. The maximum Gasteiger partial charge on any atom is 0.287 e. The van der Waals surface area contributed by atoms with Crippen molar-refractivity contribution in [2.45, 2.75) is 46.6 Å². The molecule has 0 bridgehead atoms. The van der Waals surface area contributed by atoms with E-state index >= 15 is 0 Å². The van der Waals surface area contributed by atoms with Gasteiger partial charge in [0, 0.05) is 17.0 Å². The summed E-state index contributed by atoms with van der Waals surface area (Å²) < 4.78 is 18.8. The number of amides is 1. The molecule has 1 amide bonds. The summed E-state index contributed by atoms with van der Waals surface area (Å²) in [5, 5.41) is 3.59. The number of furan rings is 1. The quantitative estimate of drug-likeness (QED) is 0.885. The standard InChI is InChI=1S/C17H22FNO2/c1-10(2)5-6-11(3)19-17(20)16-12(4)14-9-13(18)7-8-15(14)21-16/h7-11H,5-6H2,1-4H3,(H,19,20)/t11-/m0/s1. The van der Waals surface area contributed by atoms with Gasteiger partial charge in [-0.25, -0.2) is 4.39 Å². The second-order valence-electron chi connectivity index (χ2n) is 6.04. The first-order valence-electron chi connectivity index (χ1n) is 7.38. The fourth-order valence-corrected chi connectivity index (χ4v) is 2.35. The molecule has 1 aromatic heterocycles. The van der Waals surface area contributed by atoms with Crippen molar-refractivity contribution in [1.82, 2.24) is 5.32 Å². The fourth-order valence-electron chi connectivity index (χ4n) is 2.35. The van der Waals surface area contributed by atoms with E-state index in [2.05, 4.69) is 19.2 Å². The van der Waals surface area contributed by atoms with Crippen molar-refractivity contribution in [2.24, 2.45) is 5.92 Å². The average Bonchev–Trinajstić information content (AvgIpc) is 2.74. The molecule has 1 aromatic carbocycles. The van der Waals surface area contributed by atoms with E-state index in [1.165, 1.54) is 12.1 Å². The molecule has 0 radical (unpaired) electrons. The van der Waals surface area contributed by atoms with Crippen LogP contribution in [0, 0.1) is 18.7 Å². The van der Waals surface area contributed by atoms with Crippen LogP contribution in [0.3, 0.4) is 0 Å². The Hall–Kier alpha value is -1.84.